The zero-order chi connectivity index (χ0) is 14.3. The minimum atomic E-state index is -0.280. The molecule has 19 heavy (non-hydrogen) atoms. The molecule has 0 saturated carbocycles. The van der Waals surface area contributed by atoms with Crippen LogP contribution < -0.4 is 9.47 Å². The lowest BCUT2D eigenvalue weighted by molar-refractivity contribution is -0.134. The zero-order valence-corrected chi connectivity index (χ0v) is 11.6. The summed E-state index contributed by atoms with van der Waals surface area (Å²) in [5.41, 5.74) is 0.483. The van der Waals surface area contributed by atoms with Crippen LogP contribution in [0.4, 0.5) is 0 Å². The molecule has 0 N–H and O–H groups in total. The topological polar surface area (TPSA) is 52.6 Å². The molecule has 0 heterocycles. The summed E-state index contributed by atoms with van der Waals surface area (Å²) in [5.74, 6) is 1.04. The number of hydrogen-bond acceptors (Lipinski definition) is 4. The second kappa shape index (κ2) is 7.56. The normalized spacial score (nSPS) is 10.3. The van der Waals surface area contributed by atoms with E-state index in [9.17, 15) is 9.59 Å². The summed E-state index contributed by atoms with van der Waals surface area (Å²) in [6.45, 7) is 4.24. The number of carbonyl (C=O) groups is 2. The minimum absolute atomic E-state index is 0.280. The molecule has 1 aromatic rings. The summed E-state index contributed by atoms with van der Waals surface area (Å²) in [7, 11) is 1.47. The second-order valence-electron chi connectivity index (χ2n) is 4.79. The lowest BCUT2D eigenvalue weighted by Crippen LogP contribution is -2.09. The molecule has 4 heteroatoms. The molecular formula is C15H20O4. The van der Waals surface area contributed by atoms with Crippen molar-refractivity contribution in [3.63, 3.8) is 0 Å². The van der Waals surface area contributed by atoms with E-state index in [-0.39, 0.29) is 5.97 Å². The van der Waals surface area contributed by atoms with Crippen LogP contribution in [0.5, 0.6) is 11.5 Å². The van der Waals surface area contributed by atoms with Crippen molar-refractivity contribution in [1.82, 2.24) is 0 Å². The molecule has 0 fully saturated rings. The predicted octanol–water partition coefficient (Wildman–Crippen LogP) is 3.24. The van der Waals surface area contributed by atoms with Gasteiger partial charge in [0.15, 0.2) is 11.5 Å². The monoisotopic (exact) mass is 264 g/mol. The minimum Gasteiger partial charge on any atom is -0.493 e. The van der Waals surface area contributed by atoms with E-state index in [4.69, 9.17) is 9.47 Å². The van der Waals surface area contributed by atoms with Gasteiger partial charge in [-0.1, -0.05) is 20.3 Å². The van der Waals surface area contributed by atoms with Gasteiger partial charge in [0, 0.05) is 12.0 Å². The van der Waals surface area contributed by atoms with Crippen molar-refractivity contribution in [3.8, 4) is 11.5 Å². The highest BCUT2D eigenvalue weighted by atomic mass is 16.6. The fraction of sp³-hybridized carbons (Fsp3) is 0.467. The van der Waals surface area contributed by atoms with E-state index in [0.717, 1.165) is 19.1 Å². The van der Waals surface area contributed by atoms with Gasteiger partial charge in [-0.15, -0.1) is 0 Å². The first-order valence-electron chi connectivity index (χ1n) is 6.40. The Morgan fingerprint density at radius 1 is 1.32 bits per heavy atom. The van der Waals surface area contributed by atoms with Crippen LogP contribution in [-0.4, -0.2) is 19.4 Å². The summed E-state index contributed by atoms with van der Waals surface area (Å²) >= 11 is 0. The standard InChI is InChI=1S/C15H20O4/c1-11(2)5-4-6-15(17)19-13-8-7-12(10-16)9-14(13)18-3/h7-11H,4-6H2,1-3H3. The number of aldehydes is 1. The van der Waals surface area contributed by atoms with Gasteiger partial charge in [0.1, 0.15) is 6.29 Å². The van der Waals surface area contributed by atoms with Crippen LogP contribution in [0.3, 0.4) is 0 Å². The van der Waals surface area contributed by atoms with Gasteiger partial charge in [0.25, 0.3) is 0 Å². The van der Waals surface area contributed by atoms with Crippen LogP contribution in [0.1, 0.15) is 43.5 Å². The number of ether oxygens (including phenoxy) is 2. The zero-order valence-electron chi connectivity index (χ0n) is 11.6. The molecule has 0 aliphatic rings. The van der Waals surface area contributed by atoms with Gasteiger partial charge < -0.3 is 9.47 Å². The number of methoxy groups -OCH3 is 1. The van der Waals surface area contributed by atoms with Gasteiger partial charge in [-0.25, -0.2) is 0 Å². The summed E-state index contributed by atoms with van der Waals surface area (Å²) in [6, 6.07) is 4.71. The van der Waals surface area contributed by atoms with Gasteiger partial charge in [-0.2, -0.15) is 0 Å². The third-order valence-corrected chi connectivity index (χ3v) is 2.71. The van der Waals surface area contributed by atoms with Crippen molar-refractivity contribution in [3.05, 3.63) is 23.8 Å². The number of rotatable bonds is 7. The van der Waals surface area contributed by atoms with Crippen molar-refractivity contribution in [1.29, 1.82) is 0 Å². The molecule has 0 spiro atoms. The van der Waals surface area contributed by atoms with E-state index in [2.05, 4.69) is 13.8 Å². The van der Waals surface area contributed by atoms with Gasteiger partial charge in [-0.05, 0) is 30.5 Å². The Balaban J connectivity index is 2.60. The molecule has 0 aromatic heterocycles. The Hall–Kier alpha value is -1.84. The third kappa shape index (κ3) is 5.12. The molecule has 4 nitrogen and oxygen atoms in total. The maximum Gasteiger partial charge on any atom is 0.311 e. The fourth-order valence-corrected chi connectivity index (χ4v) is 1.67. The van der Waals surface area contributed by atoms with Crippen molar-refractivity contribution in [2.24, 2.45) is 5.92 Å². The molecule has 0 radical (unpaired) electrons. The molecule has 104 valence electrons. The smallest absolute Gasteiger partial charge is 0.311 e. The maximum absolute atomic E-state index is 11.7. The molecule has 1 aromatic carbocycles. The summed E-state index contributed by atoms with van der Waals surface area (Å²) in [4.78, 5) is 22.3. The molecule has 0 aliphatic heterocycles. The van der Waals surface area contributed by atoms with Gasteiger partial charge in [0.2, 0.25) is 0 Å². The van der Waals surface area contributed by atoms with Crippen LogP contribution in [0.15, 0.2) is 18.2 Å². The Labute approximate surface area is 113 Å². The average Bonchev–Trinajstić information content (AvgIpc) is 2.38. The van der Waals surface area contributed by atoms with E-state index in [0.29, 0.717) is 29.4 Å². The number of hydrogen-bond donors (Lipinski definition) is 0. The van der Waals surface area contributed by atoms with Crippen molar-refractivity contribution < 1.29 is 19.1 Å². The first kappa shape index (κ1) is 15.2. The van der Waals surface area contributed by atoms with Crippen molar-refractivity contribution in [2.75, 3.05) is 7.11 Å². The Kier molecular flexibility index (Phi) is 6.06. The van der Waals surface area contributed by atoms with Gasteiger partial charge in [0.05, 0.1) is 7.11 Å². The third-order valence-electron chi connectivity index (χ3n) is 2.71. The molecule has 0 aliphatic carbocycles. The molecule has 0 bridgehead atoms. The Morgan fingerprint density at radius 2 is 2.05 bits per heavy atom. The molecule has 0 atom stereocenters. The predicted molar refractivity (Wildman–Crippen MR) is 72.7 cm³/mol. The molecule has 1 rings (SSSR count). The number of carbonyl (C=O) groups excluding carboxylic acids is 2. The Morgan fingerprint density at radius 3 is 2.63 bits per heavy atom. The van der Waals surface area contributed by atoms with E-state index >= 15 is 0 Å². The van der Waals surface area contributed by atoms with E-state index in [1.54, 1.807) is 18.2 Å². The quantitative estimate of drug-likeness (QED) is 0.431. The van der Waals surface area contributed by atoms with E-state index < -0.39 is 0 Å². The highest BCUT2D eigenvalue weighted by molar-refractivity contribution is 5.78. The van der Waals surface area contributed by atoms with Crippen molar-refractivity contribution in [2.45, 2.75) is 33.1 Å². The van der Waals surface area contributed by atoms with Gasteiger partial charge in [-0.3, -0.25) is 9.59 Å². The van der Waals surface area contributed by atoms with Crippen molar-refractivity contribution >= 4 is 12.3 Å². The largest absolute Gasteiger partial charge is 0.493 e. The van der Waals surface area contributed by atoms with E-state index in [1.807, 2.05) is 0 Å². The fourth-order valence-electron chi connectivity index (χ4n) is 1.67. The molecule has 0 saturated heterocycles. The first-order valence-corrected chi connectivity index (χ1v) is 6.40. The summed E-state index contributed by atoms with van der Waals surface area (Å²) < 4.78 is 10.3. The maximum atomic E-state index is 11.7. The molecular weight excluding hydrogens is 244 g/mol. The average molecular weight is 264 g/mol. The highest BCUT2D eigenvalue weighted by Crippen LogP contribution is 2.28. The van der Waals surface area contributed by atoms with E-state index in [1.165, 1.54) is 7.11 Å². The van der Waals surface area contributed by atoms with Crippen LogP contribution in [0, 0.1) is 5.92 Å². The van der Waals surface area contributed by atoms with Gasteiger partial charge >= 0.3 is 5.97 Å². The van der Waals surface area contributed by atoms with Crippen LogP contribution in [-0.2, 0) is 4.79 Å². The molecule has 0 unspecified atom stereocenters. The number of esters is 1. The lowest BCUT2D eigenvalue weighted by Gasteiger charge is -2.10. The molecule has 0 amide bonds. The van der Waals surface area contributed by atoms with Crippen LogP contribution >= 0.6 is 0 Å². The summed E-state index contributed by atoms with van der Waals surface area (Å²) in [5, 5.41) is 0. The highest BCUT2D eigenvalue weighted by Gasteiger charge is 2.11. The first-order chi connectivity index (χ1) is 9.06. The lowest BCUT2D eigenvalue weighted by atomic mass is 10.1. The summed E-state index contributed by atoms with van der Waals surface area (Å²) in [6.07, 6.45) is 2.91. The van der Waals surface area contributed by atoms with Crippen LogP contribution in [0.25, 0.3) is 0 Å². The SMILES string of the molecule is COc1cc(C=O)ccc1OC(=O)CCCC(C)C. The Bertz CT molecular complexity index is 438. The second-order valence-corrected chi connectivity index (χ2v) is 4.79. The number of benzene rings is 1. The van der Waals surface area contributed by atoms with Crippen LogP contribution in [0.2, 0.25) is 0 Å².